The summed E-state index contributed by atoms with van der Waals surface area (Å²) in [4.78, 5) is 0. The van der Waals surface area contributed by atoms with Crippen LogP contribution in [0.3, 0.4) is 0 Å². The molecule has 0 saturated heterocycles. The number of rotatable bonds is 0. The fraction of sp³-hybridized carbons (Fsp3) is 0.600. The van der Waals surface area contributed by atoms with Gasteiger partial charge in [0.1, 0.15) is 0 Å². The van der Waals surface area contributed by atoms with Gasteiger partial charge in [0.05, 0.1) is 0 Å². The van der Waals surface area contributed by atoms with Gasteiger partial charge in [-0.25, -0.2) is 0 Å². The van der Waals surface area contributed by atoms with Crippen LogP contribution in [0.25, 0.3) is 0 Å². The Balaban J connectivity index is 2.62. The molecular weight excluding hydrogens is 180 g/mol. The van der Waals surface area contributed by atoms with E-state index in [1.165, 1.54) is 37.7 Å². The van der Waals surface area contributed by atoms with Gasteiger partial charge in [-0.1, -0.05) is 34.9 Å². The molecule has 0 amide bonds. The Morgan fingerprint density at radius 1 is 0.733 bits per heavy atom. The van der Waals surface area contributed by atoms with Crippen molar-refractivity contribution < 1.29 is 0 Å². The minimum atomic E-state index is 1.13. The zero-order valence-corrected chi connectivity index (χ0v) is 10.5. The molecule has 0 unspecified atom stereocenters. The van der Waals surface area contributed by atoms with Gasteiger partial charge in [0.15, 0.2) is 0 Å². The van der Waals surface area contributed by atoms with Gasteiger partial charge in [0, 0.05) is 0 Å². The Bertz CT molecular complexity index is 276. The summed E-state index contributed by atoms with van der Waals surface area (Å²) >= 11 is 0. The van der Waals surface area contributed by atoms with Crippen LogP contribution in [0.4, 0.5) is 0 Å². The van der Waals surface area contributed by atoms with Crippen LogP contribution in [0, 0.1) is 0 Å². The van der Waals surface area contributed by atoms with Crippen molar-refractivity contribution in [2.75, 3.05) is 0 Å². The first-order valence-corrected chi connectivity index (χ1v) is 6.15. The molecule has 0 bridgehead atoms. The highest BCUT2D eigenvalue weighted by molar-refractivity contribution is 5.09. The van der Waals surface area contributed by atoms with Gasteiger partial charge in [-0.3, -0.25) is 0 Å². The van der Waals surface area contributed by atoms with Crippen molar-refractivity contribution in [1.82, 2.24) is 0 Å². The summed E-state index contributed by atoms with van der Waals surface area (Å²) in [5, 5.41) is 0. The summed E-state index contributed by atoms with van der Waals surface area (Å²) in [6.07, 6.45) is 14.6. The molecule has 0 spiro atoms. The van der Waals surface area contributed by atoms with Gasteiger partial charge in [-0.05, 0) is 59.3 Å². The molecule has 0 heteroatoms. The van der Waals surface area contributed by atoms with E-state index in [1.54, 1.807) is 11.1 Å². The number of hydrogen-bond donors (Lipinski definition) is 0. The SMILES string of the molecule is C/C1=C/C/C=C(\C)CCC/C(C)=C\CC1. The lowest BCUT2D eigenvalue weighted by atomic mass is 10.0. The van der Waals surface area contributed by atoms with Crippen molar-refractivity contribution in [2.24, 2.45) is 0 Å². The lowest BCUT2D eigenvalue weighted by Crippen LogP contribution is -1.85. The molecule has 0 atom stereocenters. The van der Waals surface area contributed by atoms with Crippen LogP contribution in [0.15, 0.2) is 34.9 Å². The molecule has 1 aliphatic rings. The predicted molar refractivity (Wildman–Crippen MR) is 69.0 cm³/mol. The van der Waals surface area contributed by atoms with E-state index in [-0.39, 0.29) is 0 Å². The fourth-order valence-corrected chi connectivity index (χ4v) is 1.96. The first-order chi connectivity index (χ1) is 7.18. The van der Waals surface area contributed by atoms with Gasteiger partial charge in [-0.2, -0.15) is 0 Å². The standard InChI is InChI=1S/C15H24/c1-13-7-4-9-14(2)11-6-12-15(3)10-5-8-13/h7,9-10H,4-6,8,11-12H2,1-3H3/b13-7-,14-9+,15-10-. The van der Waals surface area contributed by atoms with E-state index < -0.39 is 0 Å². The minimum absolute atomic E-state index is 1.13. The van der Waals surface area contributed by atoms with Crippen molar-refractivity contribution in [3.05, 3.63) is 34.9 Å². The minimum Gasteiger partial charge on any atom is -0.0853 e. The lowest BCUT2D eigenvalue weighted by Gasteiger charge is -2.05. The molecule has 0 saturated carbocycles. The molecule has 0 aromatic carbocycles. The maximum Gasteiger partial charge on any atom is -0.0164 e. The third kappa shape index (κ3) is 5.61. The molecule has 1 rings (SSSR count). The predicted octanol–water partition coefficient (Wildman–Crippen LogP) is 5.18. The summed E-state index contributed by atoms with van der Waals surface area (Å²) in [5.41, 5.74) is 4.65. The first kappa shape index (κ1) is 12.3. The largest absolute Gasteiger partial charge is 0.0853 e. The van der Waals surface area contributed by atoms with Gasteiger partial charge in [0.2, 0.25) is 0 Å². The average Bonchev–Trinajstić information content (AvgIpc) is 2.16. The second-order valence-electron chi connectivity index (χ2n) is 4.78. The smallest absolute Gasteiger partial charge is 0.0164 e. The van der Waals surface area contributed by atoms with Crippen LogP contribution in [0.5, 0.6) is 0 Å². The highest BCUT2D eigenvalue weighted by atomic mass is 14.0. The Kier molecular flexibility index (Phi) is 5.45. The number of allylic oxidation sites excluding steroid dienone is 6. The molecule has 0 aromatic heterocycles. The van der Waals surface area contributed by atoms with Crippen molar-refractivity contribution >= 4 is 0 Å². The number of hydrogen-bond acceptors (Lipinski definition) is 0. The van der Waals surface area contributed by atoms with Gasteiger partial charge in [-0.15, -0.1) is 0 Å². The van der Waals surface area contributed by atoms with E-state index in [9.17, 15) is 0 Å². The third-order valence-electron chi connectivity index (χ3n) is 3.11. The zero-order valence-electron chi connectivity index (χ0n) is 10.5. The highest BCUT2D eigenvalue weighted by Gasteiger charge is 1.96. The van der Waals surface area contributed by atoms with E-state index in [1.807, 2.05) is 0 Å². The van der Waals surface area contributed by atoms with Crippen LogP contribution < -0.4 is 0 Å². The summed E-state index contributed by atoms with van der Waals surface area (Å²) in [6, 6.07) is 0. The van der Waals surface area contributed by atoms with Crippen molar-refractivity contribution in [1.29, 1.82) is 0 Å². The van der Waals surface area contributed by atoms with E-state index in [4.69, 9.17) is 0 Å². The second kappa shape index (κ2) is 6.66. The summed E-state index contributed by atoms with van der Waals surface area (Å²) < 4.78 is 0. The summed E-state index contributed by atoms with van der Waals surface area (Å²) in [5.74, 6) is 0. The molecule has 84 valence electrons. The van der Waals surface area contributed by atoms with Crippen molar-refractivity contribution in [3.63, 3.8) is 0 Å². The monoisotopic (exact) mass is 204 g/mol. The van der Waals surface area contributed by atoms with E-state index >= 15 is 0 Å². The van der Waals surface area contributed by atoms with Gasteiger partial charge >= 0.3 is 0 Å². The third-order valence-corrected chi connectivity index (χ3v) is 3.11. The average molecular weight is 204 g/mol. The van der Waals surface area contributed by atoms with Gasteiger partial charge < -0.3 is 0 Å². The van der Waals surface area contributed by atoms with Crippen LogP contribution >= 0.6 is 0 Å². The van der Waals surface area contributed by atoms with Crippen LogP contribution in [-0.4, -0.2) is 0 Å². The van der Waals surface area contributed by atoms with Crippen molar-refractivity contribution in [3.8, 4) is 0 Å². The Morgan fingerprint density at radius 3 is 1.93 bits per heavy atom. The molecule has 0 radical (unpaired) electrons. The molecule has 0 aromatic rings. The lowest BCUT2D eigenvalue weighted by molar-refractivity contribution is 0.791. The van der Waals surface area contributed by atoms with Crippen molar-refractivity contribution in [2.45, 2.75) is 59.3 Å². The molecule has 0 fully saturated rings. The van der Waals surface area contributed by atoms with Gasteiger partial charge in [0.25, 0.3) is 0 Å². The highest BCUT2D eigenvalue weighted by Crippen LogP contribution is 2.16. The molecule has 0 nitrogen and oxygen atoms in total. The maximum absolute atomic E-state index is 2.41. The zero-order chi connectivity index (χ0) is 11.1. The molecule has 0 heterocycles. The maximum atomic E-state index is 2.41. The summed E-state index contributed by atoms with van der Waals surface area (Å²) in [6.45, 7) is 6.77. The normalized spacial score (nSPS) is 31.0. The van der Waals surface area contributed by atoms with Crippen LogP contribution in [0.2, 0.25) is 0 Å². The molecule has 15 heavy (non-hydrogen) atoms. The first-order valence-electron chi connectivity index (χ1n) is 6.15. The Labute approximate surface area is 94.8 Å². The molecule has 0 aliphatic heterocycles. The topological polar surface area (TPSA) is 0 Å². The molecule has 0 N–H and O–H groups in total. The Hall–Kier alpha value is -0.780. The van der Waals surface area contributed by atoms with E-state index in [0.717, 1.165) is 6.42 Å². The molecular formula is C15H24. The quantitative estimate of drug-likeness (QED) is 0.477. The Morgan fingerprint density at radius 2 is 1.27 bits per heavy atom. The van der Waals surface area contributed by atoms with Crippen LogP contribution in [0.1, 0.15) is 59.3 Å². The van der Waals surface area contributed by atoms with E-state index in [2.05, 4.69) is 39.0 Å². The second-order valence-corrected chi connectivity index (χ2v) is 4.78. The summed E-state index contributed by atoms with van der Waals surface area (Å²) in [7, 11) is 0. The molecule has 1 aliphatic carbocycles. The van der Waals surface area contributed by atoms with Crippen LogP contribution in [-0.2, 0) is 0 Å². The van der Waals surface area contributed by atoms with E-state index in [0.29, 0.717) is 0 Å². The fourth-order valence-electron chi connectivity index (χ4n) is 1.96.